The molecule has 152 valence electrons. The lowest BCUT2D eigenvalue weighted by Crippen LogP contribution is -2.30. The van der Waals surface area contributed by atoms with E-state index in [-0.39, 0.29) is 27.9 Å². The number of aryl methyl sites for hydroxylation is 1. The Morgan fingerprint density at radius 1 is 1.36 bits per heavy atom. The van der Waals surface area contributed by atoms with Gasteiger partial charge < -0.3 is 15.8 Å². The summed E-state index contributed by atoms with van der Waals surface area (Å²) in [6, 6.07) is 0. The number of nitrogens with zero attached hydrogens (tertiary/aromatic N) is 3. The monoisotopic (exact) mass is 407 g/mol. The standard InChI is InChI=1S/C18H25N5O4S/c1-6-23-11(3)12(7-20-23)8-22(4)9-13(24)21-17-14(18(26)27-5)10(2)15(28-17)16(19)25/h7H,6,8-9H2,1-5H3,(H2,19,25)(H,21,24). The number of methoxy groups -OCH3 is 1. The molecule has 0 aromatic carbocycles. The van der Waals surface area contributed by atoms with Crippen LogP contribution in [-0.4, -0.2) is 53.2 Å². The molecule has 2 heterocycles. The largest absolute Gasteiger partial charge is 0.465 e. The summed E-state index contributed by atoms with van der Waals surface area (Å²) in [5, 5.41) is 7.25. The molecule has 0 aliphatic carbocycles. The van der Waals surface area contributed by atoms with Gasteiger partial charge in [0.05, 0.1) is 30.3 Å². The molecule has 0 atom stereocenters. The normalized spacial score (nSPS) is 10.9. The topological polar surface area (TPSA) is 120 Å². The van der Waals surface area contributed by atoms with Crippen LogP contribution in [0.3, 0.4) is 0 Å². The van der Waals surface area contributed by atoms with E-state index in [0.717, 1.165) is 29.1 Å². The highest BCUT2D eigenvalue weighted by atomic mass is 32.1. The number of amides is 2. The van der Waals surface area contributed by atoms with Crippen molar-refractivity contribution in [2.24, 2.45) is 5.73 Å². The molecule has 0 aliphatic heterocycles. The fourth-order valence-electron chi connectivity index (χ4n) is 2.90. The summed E-state index contributed by atoms with van der Waals surface area (Å²) in [6.07, 6.45) is 1.80. The van der Waals surface area contributed by atoms with Crippen LogP contribution in [0.1, 0.15) is 43.8 Å². The number of aromatic nitrogens is 2. The van der Waals surface area contributed by atoms with E-state index in [0.29, 0.717) is 12.1 Å². The lowest BCUT2D eigenvalue weighted by Gasteiger charge is -2.16. The number of thiophene rings is 1. The smallest absolute Gasteiger partial charge is 0.341 e. The number of anilines is 1. The van der Waals surface area contributed by atoms with Gasteiger partial charge in [-0.1, -0.05) is 0 Å². The number of rotatable bonds is 8. The molecule has 28 heavy (non-hydrogen) atoms. The number of nitrogens with two attached hydrogens (primary N) is 1. The van der Waals surface area contributed by atoms with E-state index in [2.05, 4.69) is 10.4 Å². The average Bonchev–Trinajstić information content (AvgIpc) is 3.14. The van der Waals surface area contributed by atoms with Crippen LogP contribution in [0.4, 0.5) is 5.00 Å². The van der Waals surface area contributed by atoms with Gasteiger partial charge in [0.25, 0.3) is 5.91 Å². The number of primary amides is 1. The van der Waals surface area contributed by atoms with Crippen LogP contribution in [0.2, 0.25) is 0 Å². The van der Waals surface area contributed by atoms with E-state index < -0.39 is 11.9 Å². The Bertz CT molecular complexity index is 902. The summed E-state index contributed by atoms with van der Waals surface area (Å²) in [6.45, 7) is 7.04. The molecule has 0 unspecified atom stereocenters. The van der Waals surface area contributed by atoms with Crippen molar-refractivity contribution in [1.82, 2.24) is 14.7 Å². The summed E-state index contributed by atoms with van der Waals surface area (Å²) >= 11 is 0.967. The Morgan fingerprint density at radius 2 is 2.04 bits per heavy atom. The highest BCUT2D eigenvalue weighted by Gasteiger charge is 2.25. The van der Waals surface area contributed by atoms with Crippen molar-refractivity contribution in [2.75, 3.05) is 26.0 Å². The van der Waals surface area contributed by atoms with E-state index in [1.807, 2.05) is 30.5 Å². The first-order valence-electron chi connectivity index (χ1n) is 8.70. The second-order valence-corrected chi connectivity index (χ2v) is 7.43. The van der Waals surface area contributed by atoms with Crippen molar-refractivity contribution in [3.05, 3.63) is 33.5 Å². The molecule has 0 bridgehead atoms. The summed E-state index contributed by atoms with van der Waals surface area (Å²) in [7, 11) is 3.06. The van der Waals surface area contributed by atoms with Crippen LogP contribution in [-0.2, 0) is 22.6 Å². The molecular formula is C18H25N5O4S. The van der Waals surface area contributed by atoms with Crippen LogP contribution in [0.25, 0.3) is 0 Å². The zero-order chi connectivity index (χ0) is 21.0. The maximum absolute atomic E-state index is 12.5. The van der Waals surface area contributed by atoms with E-state index in [1.54, 1.807) is 13.1 Å². The van der Waals surface area contributed by atoms with Crippen LogP contribution < -0.4 is 11.1 Å². The molecule has 2 aromatic heterocycles. The Labute approximate surface area is 167 Å². The fourth-order valence-corrected chi connectivity index (χ4v) is 3.96. The van der Waals surface area contributed by atoms with Crippen LogP contribution in [0, 0.1) is 13.8 Å². The molecule has 0 radical (unpaired) electrons. The number of ether oxygens (including phenoxy) is 1. The van der Waals surface area contributed by atoms with E-state index >= 15 is 0 Å². The van der Waals surface area contributed by atoms with Gasteiger partial charge in [-0.25, -0.2) is 4.79 Å². The molecule has 2 aromatic rings. The molecular weight excluding hydrogens is 382 g/mol. The highest BCUT2D eigenvalue weighted by molar-refractivity contribution is 7.18. The zero-order valence-corrected chi connectivity index (χ0v) is 17.5. The van der Waals surface area contributed by atoms with Gasteiger partial charge in [-0.3, -0.25) is 19.2 Å². The molecule has 0 spiro atoms. The summed E-state index contributed by atoms with van der Waals surface area (Å²) < 4.78 is 6.66. The molecule has 3 N–H and O–H groups in total. The van der Waals surface area contributed by atoms with Crippen molar-refractivity contribution in [1.29, 1.82) is 0 Å². The minimum atomic E-state index is -0.659. The Hall–Kier alpha value is -2.72. The summed E-state index contributed by atoms with van der Waals surface area (Å²) in [5.74, 6) is -1.60. The Morgan fingerprint density at radius 3 is 2.57 bits per heavy atom. The molecule has 2 rings (SSSR count). The Kier molecular flexibility index (Phi) is 6.92. The number of hydrogen-bond donors (Lipinski definition) is 2. The molecule has 9 nitrogen and oxygen atoms in total. The third kappa shape index (κ3) is 4.57. The van der Waals surface area contributed by atoms with Crippen molar-refractivity contribution >= 4 is 34.1 Å². The van der Waals surface area contributed by atoms with E-state index in [4.69, 9.17) is 10.5 Å². The maximum Gasteiger partial charge on any atom is 0.341 e. The predicted molar refractivity (Wildman–Crippen MR) is 107 cm³/mol. The van der Waals surface area contributed by atoms with Gasteiger partial charge in [-0.2, -0.15) is 5.10 Å². The van der Waals surface area contributed by atoms with Gasteiger partial charge in [0.1, 0.15) is 5.00 Å². The molecule has 0 saturated heterocycles. The molecule has 2 amide bonds. The molecule has 0 saturated carbocycles. The molecule has 0 fully saturated rings. The van der Waals surface area contributed by atoms with Crippen LogP contribution in [0.15, 0.2) is 6.20 Å². The number of esters is 1. The second kappa shape index (κ2) is 8.98. The van der Waals surface area contributed by atoms with Crippen molar-refractivity contribution in [3.63, 3.8) is 0 Å². The summed E-state index contributed by atoms with van der Waals surface area (Å²) in [4.78, 5) is 38.2. The van der Waals surface area contributed by atoms with Crippen molar-refractivity contribution < 1.29 is 19.1 Å². The van der Waals surface area contributed by atoms with E-state index in [9.17, 15) is 14.4 Å². The summed E-state index contributed by atoms with van der Waals surface area (Å²) in [5.41, 5.74) is 8.00. The van der Waals surface area contributed by atoms with Crippen LogP contribution in [0.5, 0.6) is 0 Å². The first-order chi connectivity index (χ1) is 13.2. The minimum absolute atomic E-state index is 0.0974. The third-order valence-electron chi connectivity index (χ3n) is 4.37. The number of likely N-dealkylation sites (N-methyl/N-ethyl adjacent to an activating group) is 1. The number of hydrogen-bond acceptors (Lipinski definition) is 7. The highest BCUT2D eigenvalue weighted by Crippen LogP contribution is 2.33. The van der Waals surface area contributed by atoms with Crippen molar-refractivity contribution in [3.8, 4) is 0 Å². The van der Waals surface area contributed by atoms with Gasteiger partial charge in [0.15, 0.2) is 0 Å². The van der Waals surface area contributed by atoms with Crippen LogP contribution >= 0.6 is 11.3 Å². The fraction of sp³-hybridized carbons (Fsp3) is 0.444. The van der Waals surface area contributed by atoms with Gasteiger partial charge in [-0.15, -0.1) is 11.3 Å². The predicted octanol–water partition coefficient (Wildman–Crippen LogP) is 1.54. The average molecular weight is 407 g/mol. The minimum Gasteiger partial charge on any atom is -0.465 e. The first-order valence-corrected chi connectivity index (χ1v) is 9.52. The number of carbonyl (C=O) groups excluding carboxylic acids is 3. The second-order valence-electron chi connectivity index (χ2n) is 6.41. The quantitative estimate of drug-likeness (QED) is 0.641. The first kappa shape index (κ1) is 21.6. The van der Waals surface area contributed by atoms with Gasteiger partial charge in [-0.05, 0) is 33.4 Å². The maximum atomic E-state index is 12.5. The van der Waals surface area contributed by atoms with Crippen molar-refractivity contribution in [2.45, 2.75) is 33.9 Å². The van der Waals surface area contributed by atoms with Gasteiger partial charge in [0, 0.05) is 24.3 Å². The lowest BCUT2D eigenvalue weighted by atomic mass is 10.1. The van der Waals surface area contributed by atoms with E-state index in [1.165, 1.54) is 7.11 Å². The lowest BCUT2D eigenvalue weighted by molar-refractivity contribution is -0.117. The van der Waals surface area contributed by atoms with Gasteiger partial charge in [0.2, 0.25) is 5.91 Å². The SMILES string of the molecule is CCn1ncc(CN(C)CC(=O)Nc2sc(C(N)=O)c(C)c2C(=O)OC)c1C. The molecule has 10 heteroatoms. The number of nitrogens with one attached hydrogen (secondary N) is 1. The Balaban J connectivity index is 2.11. The van der Waals surface area contributed by atoms with Gasteiger partial charge >= 0.3 is 5.97 Å². The third-order valence-corrected chi connectivity index (χ3v) is 5.59. The zero-order valence-electron chi connectivity index (χ0n) is 16.7. The number of carbonyl (C=O) groups is 3. The molecule has 0 aliphatic rings.